The van der Waals surface area contributed by atoms with E-state index in [0.29, 0.717) is 12.2 Å². The van der Waals surface area contributed by atoms with Crippen LogP contribution in [0.4, 0.5) is 0 Å². The Hall–Kier alpha value is -1.90. The maximum absolute atomic E-state index is 12.1. The van der Waals surface area contributed by atoms with Crippen molar-refractivity contribution in [2.45, 2.75) is 52.0 Å². The summed E-state index contributed by atoms with van der Waals surface area (Å²) in [6, 6.07) is 10.5. The molecular formula is C18H22N2O. The molecule has 1 aliphatic rings. The van der Waals surface area contributed by atoms with Gasteiger partial charge in [-0.25, -0.2) is 0 Å². The number of hydrogen-bond donors (Lipinski definition) is 0. The summed E-state index contributed by atoms with van der Waals surface area (Å²) in [4.78, 5) is 12.1. The number of carbonyl (C=O) groups is 1. The van der Waals surface area contributed by atoms with Crippen molar-refractivity contribution in [1.82, 2.24) is 9.78 Å². The van der Waals surface area contributed by atoms with Gasteiger partial charge < -0.3 is 0 Å². The number of nitrogens with zero attached hydrogens (tertiary/aromatic N) is 2. The number of benzene rings is 1. The minimum atomic E-state index is 0.294. The Balaban J connectivity index is 1.72. The standard InChI is InChI=1S/C18H22N2O/c1-2-15-18-16(11-6-12-17(18)21)20(19-15)13-7-10-14-8-4-3-5-9-14/h3-5,8-9H,2,6-7,10-13H2,1H3. The molecule has 0 fully saturated rings. The zero-order chi connectivity index (χ0) is 14.7. The van der Waals surface area contributed by atoms with Crippen LogP contribution < -0.4 is 0 Å². The molecule has 0 spiro atoms. The molecule has 0 N–H and O–H groups in total. The highest BCUT2D eigenvalue weighted by molar-refractivity contribution is 5.99. The lowest BCUT2D eigenvalue weighted by atomic mass is 9.94. The maximum Gasteiger partial charge on any atom is 0.166 e. The van der Waals surface area contributed by atoms with Crippen LogP contribution in [-0.2, 0) is 25.8 Å². The van der Waals surface area contributed by atoms with Gasteiger partial charge in [0.1, 0.15) is 0 Å². The molecule has 0 radical (unpaired) electrons. The van der Waals surface area contributed by atoms with Crippen LogP contribution in [-0.4, -0.2) is 15.6 Å². The van der Waals surface area contributed by atoms with Crippen molar-refractivity contribution in [3.8, 4) is 0 Å². The van der Waals surface area contributed by atoms with E-state index in [0.717, 1.165) is 49.9 Å². The number of fused-ring (bicyclic) bond motifs is 1. The SMILES string of the molecule is CCc1nn(CCCc2ccccc2)c2c1C(=O)CCC2. The third-order valence-corrected chi connectivity index (χ3v) is 4.24. The van der Waals surface area contributed by atoms with Crippen LogP contribution in [0.3, 0.4) is 0 Å². The number of ketones is 1. The smallest absolute Gasteiger partial charge is 0.166 e. The van der Waals surface area contributed by atoms with Crippen molar-refractivity contribution >= 4 is 5.78 Å². The molecule has 3 heteroatoms. The normalized spacial score (nSPS) is 14.2. The Morgan fingerprint density at radius 3 is 2.76 bits per heavy atom. The van der Waals surface area contributed by atoms with Crippen molar-refractivity contribution in [2.75, 3.05) is 0 Å². The molecule has 1 aromatic heterocycles. The molecule has 2 aromatic rings. The van der Waals surface area contributed by atoms with Gasteiger partial charge in [-0.3, -0.25) is 9.48 Å². The lowest BCUT2D eigenvalue weighted by molar-refractivity contribution is 0.0971. The first-order chi connectivity index (χ1) is 10.3. The van der Waals surface area contributed by atoms with Crippen LogP contribution in [0.15, 0.2) is 30.3 Å². The molecule has 0 amide bonds. The number of aryl methyl sites for hydroxylation is 3. The molecule has 3 rings (SSSR count). The van der Waals surface area contributed by atoms with E-state index in [1.807, 2.05) is 6.07 Å². The summed E-state index contributed by atoms with van der Waals surface area (Å²) >= 11 is 0. The van der Waals surface area contributed by atoms with E-state index >= 15 is 0 Å². The first-order valence-corrected chi connectivity index (χ1v) is 7.95. The molecular weight excluding hydrogens is 260 g/mol. The maximum atomic E-state index is 12.1. The number of aromatic nitrogens is 2. The van der Waals surface area contributed by atoms with Crippen LogP contribution in [0.5, 0.6) is 0 Å². The molecule has 0 aliphatic heterocycles. The fourth-order valence-electron chi connectivity index (χ4n) is 3.18. The average molecular weight is 282 g/mol. The summed E-state index contributed by atoms with van der Waals surface area (Å²) in [5.74, 6) is 0.294. The number of rotatable bonds is 5. The minimum Gasteiger partial charge on any atom is -0.294 e. The van der Waals surface area contributed by atoms with E-state index in [1.165, 1.54) is 11.3 Å². The summed E-state index contributed by atoms with van der Waals surface area (Å²) in [6.07, 6.45) is 5.63. The number of hydrogen-bond acceptors (Lipinski definition) is 2. The molecule has 0 atom stereocenters. The van der Waals surface area contributed by atoms with Crippen LogP contribution in [0, 0.1) is 0 Å². The van der Waals surface area contributed by atoms with Crippen molar-refractivity contribution in [2.24, 2.45) is 0 Å². The third kappa shape index (κ3) is 2.92. The van der Waals surface area contributed by atoms with Crippen molar-refractivity contribution in [3.05, 3.63) is 52.8 Å². The predicted octanol–water partition coefficient (Wildman–Crippen LogP) is 3.60. The number of carbonyl (C=O) groups excluding carboxylic acids is 1. The lowest BCUT2D eigenvalue weighted by Gasteiger charge is -2.13. The second-order valence-corrected chi connectivity index (χ2v) is 5.71. The fraction of sp³-hybridized carbons (Fsp3) is 0.444. The Labute approximate surface area is 126 Å². The van der Waals surface area contributed by atoms with Gasteiger partial charge in [0.15, 0.2) is 5.78 Å². The zero-order valence-corrected chi connectivity index (χ0v) is 12.6. The quantitative estimate of drug-likeness (QED) is 0.840. The molecule has 1 heterocycles. The van der Waals surface area contributed by atoms with Gasteiger partial charge in [-0.1, -0.05) is 37.3 Å². The molecule has 0 unspecified atom stereocenters. The predicted molar refractivity (Wildman–Crippen MR) is 83.6 cm³/mol. The second-order valence-electron chi connectivity index (χ2n) is 5.71. The Morgan fingerprint density at radius 2 is 2.00 bits per heavy atom. The Morgan fingerprint density at radius 1 is 1.19 bits per heavy atom. The molecule has 110 valence electrons. The van der Waals surface area contributed by atoms with Gasteiger partial charge in [0.25, 0.3) is 0 Å². The number of Topliss-reactive ketones (excluding diaryl/α,β-unsaturated/α-hetero) is 1. The monoisotopic (exact) mass is 282 g/mol. The third-order valence-electron chi connectivity index (χ3n) is 4.24. The van der Waals surface area contributed by atoms with E-state index in [4.69, 9.17) is 0 Å². The van der Waals surface area contributed by atoms with Gasteiger partial charge in [-0.05, 0) is 37.7 Å². The van der Waals surface area contributed by atoms with Crippen LogP contribution >= 0.6 is 0 Å². The van der Waals surface area contributed by atoms with Gasteiger partial charge in [-0.15, -0.1) is 0 Å². The summed E-state index contributed by atoms with van der Waals surface area (Å²) in [5, 5.41) is 4.69. The van der Waals surface area contributed by atoms with E-state index < -0.39 is 0 Å². The summed E-state index contributed by atoms with van der Waals surface area (Å²) in [5.41, 5.74) is 4.47. The highest BCUT2D eigenvalue weighted by Crippen LogP contribution is 2.25. The van der Waals surface area contributed by atoms with Crippen LogP contribution in [0.25, 0.3) is 0 Å². The van der Waals surface area contributed by atoms with Crippen LogP contribution in [0.1, 0.15) is 53.5 Å². The molecule has 21 heavy (non-hydrogen) atoms. The fourth-order valence-corrected chi connectivity index (χ4v) is 3.18. The minimum absolute atomic E-state index is 0.294. The van der Waals surface area contributed by atoms with Gasteiger partial charge in [0.05, 0.1) is 11.3 Å². The summed E-state index contributed by atoms with van der Waals surface area (Å²) in [7, 11) is 0. The zero-order valence-electron chi connectivity index (χ0n) is 12.6. The molecule has 1 aromatic carbocycles. The first-order valence-electron chi connectivity index (χ1n) is 7.95. The highest BCUT2D eigenvalue weighted by atomic mass is 16.1. The van der Waals surface area contributed by atoms with Gasteiger partial charge in [0.2, 0.25) is 0 Å². The molecule has 0 saturated heterocycles. The van der Waals surface area contributed by atoms with Gasteiger partial charge in [0, 0.05) is 18.7 Å². The molecule has 1 aliphatic carbocycles. The van der Waals surface area contributed by atoms with E-state index in [2.05, 4.69) is 41.0 Å². The topological polar surface area (TPSA) is 34.9 Å². The van der Waals surface area contributed by atoms with Crippen molar-refractivity contribution in [1.29, 1.82) is 0 Å². The second kappa shape index (κ2) is 6.25. The van der Waals surface area contributed by atoms with E-state index in [-0.39, 0.29) is 0 Å². The van der Waals surface area contributed by atoms with Crippen LogP contribution in [0.2, 0.25) is 0 Å². The molecule has 0 bridgehead atoms. The Bertz CT molecular complexity index is 628. The molecule has 0 saturated carbocycles. The average Bonchev–Trinajstić information content (AvgIpc) is 2.88. The Kier molecular flexibility index (Phi) is 4.18. The van der Waals surface area contributed by atoms with Gasteiger partial charge >= 0.3 is 0 Å². The summed E-state index contributed by atoms with van der Waals surface area (Å²) in [6.45, 7) is 2.99. The largest absolute Gasteiger partial charge is 0.294 e. The van der Waals surface area contributed by atoms with Crippen molar-refractivity contribution < 1.29 is 4.79 Å². The van der Waals surface area contributed by atoms with Gasteiger partial charge in [-0.2, -0.15) is 5.10 Å². The van der Waals surface area contributed by atoms with E-state index in [9.17, 15) is 4.79 Å². The van der Waals surface area contributed by atoms with E-state index in [1.54, 1.807) is 0 Å². The first kappa shape index (κ1) is 14.1. The lowest BCUT2D eigenvalue weighted by Crippen LogP contribution is -2.14. The molecule has 3 nitrogen and oxygen atoms in total. The summed E-state index contributed by atoms with van der Waals surface area (Å²) < 4.78 is 2.09. The van der Waals surface area contributed by atoms with Crippen molar-refractivity contribution in [3.63, 3.8) is 0 Å². The highest BCUT2D eigenvalue weighted by Gasteiger charge is 2.25.